The third-order valence-electron chi connectivity index (χ3n) is 13.7. The maximum absolute atomic E-state index is 12.5. The van der Waals surface area contributed by atoms with Gasteiger partial charge in [-0.25, -0.2) is 4.98 Å². The number of carbonyl (C=O) groups is 2. The molecule has 6 heterocycles. The second-order valence-corrected chi connectivity index (χ2v) is 19.3. The number of halogens is 1. The predicted octanol–water partition coefficient (Wildman–Crippen LogP) is 7.20. The van der Waals surface area contributed by atoms with Crippen LogP contribution in [0.5, 0.6) is 5.75 Å². The summed E-state index contributed by atoms with van der Waals surface area (Å²) in [5, 5.41) is 10.6. The number of aromatic nitrogens is 4. The molecule has 4 aliphatic rings. The van der Waals surface area contributed by atoms with Crippen molar-refractivity contribution >= 4 is 87.2 Å². The van der Waals surface area contributed by atoms with Crippen LogP contribution in [0.4, 0.5) is 34.5 Å². The van der Waals surface area contributed by atoms with E-state index in [0.29, 0.717) is 45.1 Å². The molecule has 14 nitrogen and oxygen atoms in total. The highest BCUT2D eigenvalue weighted by Gasteiger charge is 2.32. The summed E-state index contributed by atoms with van der Waals surface area (Å²) < 4.78 is 6.75. The minimum absolute atomic E-state index is 0.166. The molecular weight excluding hydrogens is 889 g/mol. The molecule has 0 radical (unpaired) electrons. The zero-order valence-electron chi connectivity index (χ0n) is 37.1. The second kappa shape index (κ2) is 20.1. The van der Waals surface area contributed by atoms with Gasteiger partial charge in [0.15, 0.2) is 0 Å². The van der Waals surface area contributed by atoms with Gasteiger partial charge in [-0.15, -0.1) is 0 Å². The molecule has 4 saturated heterocycles. The Kier molecular flexibility index (Phi) is 13.9. The van der Waals surface area contributed by atoms with E-state index in [-0.39, 0.29) is 17.7 Å². The fourth-order valence-corrected chi connectivity index (χ4v) is 11.2. The number of nitrogens with one attached hydrogen (secondary N) is 3. The van der Waals surface area contributed by atoms with Crippen molar-refractivity contribution in [3.05, 3.63) is 82.7 Å². The zero-order chi connectivity index (χ0) is 44.2. The largest absolute Gasteiger partial charge is 0.494 e. The highest BCUT2D eigenvalue weighted by molar-refractivity contribution is 9.10. The summed E-state index contributed by atoms with van der Waals surface area (Å²) in [6.07, 6.45) is 11.8. The van der Waals surface area contributed by atoms with E-state index >= 15 is 0 Å². The number of hydrogen-bond donors (Lipinski definition) is 3. The molecule has 2 atom stereocenters. The lowest BCUT2D eigenvalue weighted by Crippen LogP contribution is -2.54. The van der Waals surface area contributed by atoms with Gasteiger partial charge in [0.05, 0.1) is 34.2 Å². The maximum atomic E-state index is 12.5. The molecular formula is C48H59BrN11O3P. The van der Waals surface area contributed by atoms with E-state index in [1.807, 2.05) is 18.2 Å². The molecule has 16 heteroatoms. The van der Waals surface area contributed by atoms with E-state index in [9.17, 15) is 9.59 Å². The summed E-state index contributed by atoms with van der Waals surface area (Å²) in [4.78, 5) is 53.2. The van der Waals surface area contributed by atoms with E-state index in [0.717, 1.165) is 115 Å². The van der Waals surface area contributed by atoms with Crippen LogP contribution in [0.25, 0.3) is 11.0 Å². The number of carbonyl (C=O) groups excluding carboxylic acids is 2. The fourth-order valence-electron chi connectivity index (χ4n) is 10.1. The van der Waals surface area contributed by atoms with Crippen LogP contribution in [0.1, 0.15) is 62.5 Å². The molecule has 4 aliphatic heterocycles. The Morgan fingerprint density at radius 2 is 1.64 bits per heavy atom. The Bertz CT molecular complexity index is 2470. The summed E-state index contributed by atoms with van der Waals surface area (Å²) in [5.74, 6) is 2.02. The van der Waals surface area contributed by atoms with Crippen molar-refractivity contribution in [3.63, 3.8) is 0 Å². The molecule has 0 saturated carbocycles. The summed E-state index contributed by atoms with van der Waals surface area (Å²) in [6, 6.07) is 17.4. The fraction of sp³-hybridized carbons (Fsp3) is 0.458. The molecule has 336 valence electrons. The van der Waals surface area contributed by atoms with Crippen LogP contribution < -0.4 is 35.8 Å². The number of aryl methyl sites for hydroxylation is 1. The minimum atomic E-state index is -0.242. The standard InChI is InChI=1S/C48H59BrN11O3P/c1-4-32-27-40(54-48-52-29-37(49)46(56-48)53-39-10-9-38-44(45(39)64-3)51-17-16-50-38)42(63-2)28-41(32)60-20-14-34(15-21-60)59-24-22-57(23-25-59)30-31-12-18-58(19-13-31)35-7-5-6-33(26-35)36-8-11-43(61)55-47(36)62/h5-7,9-10,16-17,26-29,31,34,36,64H,4,8,11-15,18-25,30H2,1-3H3,(H,55,61,62)(H2,52,53,54,56). The predicted molar refractivity (Wildman–Crippen MR) is 262 cm³/mol. The van der Waals surface area contributed by atoms with Crippen LogP contribution in [-0.4, -0.2) is 120 Å². The quantitative estimate of drug-likeness (QED) is 0.0810. The number of rotatable bonds is 13. The van der Waals surface area contributed by atoms with Crippen LogP contribution in [0.3, 0.4) is 0 Å². The number of ether oxygens (including phenoxy) is 1. The number of benzene rings is 3. The first-order valence-electron chi connectivity index (χ1n) is 22.9. The second-order valence-electron chi connectivity index (χ2n) is 17.4. The SMILES string of the molecule is CCc1cc(Nc2ncc(Br)c(Nc3ccc4nccnc4c3PC)n2)c(OC)cc1N1CCC(N2CCN(CC3CCN(c4cccc(C5CCC(=O)NC5=O)c4)CC3)CC2)CC1. The highest BCUT2D eigenvalue weighted by Crippen LogP contribution is 2.38. The first-order valence-corrected chi connectivity index (χ1v) is 25.1. The van der Waals surface area contributed by atoms with E-state index in [2.05, 4.69) is 110 Å². The van der Waals surface area contributed by atoms with E-state index in [1.165, 1.54) is 36.3 Å². The van der Waals surface area contributed by atoms with E-state index in [1.54, 1.807) is 25.7 Å². The smallest absolute Gasteiger partial charge is 0.234 e. The molecule has 5 aromatic rings. The Labute approximate surface area is 386 Å². The number of piperidine rings is 3. The van der Waals surface area contributed by atoms with Crippen molar-refractivity contribution in [3.8, 4) is 5.75 Å². The van der Waals surface area contributed by atoms with Gasteiger partial charge in [0.2, 0.25) is 17.8 Å². The van der Waals surface area contributed by atoms with Crippen LogP contribution >= 0.6 is 24.5 Å². The maximum Gasteiger partial charge on any atom is 0.234 e. The number of piperazine rings is 1. The average Bonchev–Trinajstić information content (AvgIpc) is 3.33. The van der Waals surface area contributed by atoms with Crippen molar-refractivity contribution in [1.82, 2.24) is 35.1 Å². The van der Waals surface area contributed by atoms with Gasteiger partial charge in [-0.2, -0.15) is 4.98 Å². The first kappa shape index (κ1) is 44.3. The number of methoxy groups -OCH3 is 1. The van der Waals surface area contributed by atoms with Gasteiger partial charge in [-0.05, 0) is 108 Å². The van der Waals surface area contributed by atoms with Crippen LogP contribution in [0, 0.1) is 5.92 Å². The van der Waals surface area contributed by atoms with Gasteiger partial charge < -0.3 is 30.1 Å². The van der Waals surface area contributed by atoms with Gasteiger partial charge in [-0.1, -0.05) is 27.6 Å². The van der Waals surface area contributed by atoms with E-state index in [4.69, 9.17) is 9.72 Å². The number of nitrogens with zero attached hydrogens (tertiary/aromatic N) is 8. The molecule has 3 aromatic carbocycles. The lowest BCUT2D eigenvalue weighted by atomic mass is 9.90. The van der Waals surface area contributed by atoms with Crippen LogP contribution in [-0.2, 0) is 16.0 Å². The third kappa shape index (κ3) is 9.83. The Morgan fingerprint density at radius 3 is 2.39 bits per heavy atom. The summed E-state index contributed by atoms with van der Waals surface area (Å²) in [5.41, 5.74) is 8.26. The molecule has 0 bridgehead atoms. The van der Waals surface area contributed by atoms with Crippen molar-refractivity contribution in [2.45, 2.75) is 63.8 Å². The number of anilines is 6. The summed E-state index contributed by atoms with van der Waals surface area (Å²) in [6.45, 7) is 14.2. The van der Waals surface area contributed by atoms with Crippen molar-refractivity contribution < 1.29 is 14.3 Å². The Hall–Kier alpha value is -4.95. The Morgan fingerprint density at radius 1 is 0.859 bits per heavy atom. The minimum Gasteiger partial charge on any atom is -0.494 e. The zero-order valence-corrected chi connectivity index (χ0v) is 39.7. The summed E-state index contributed by atoms with van der Waals surface area (Å²) in [7, 11) is 2.24. The number of imide groups is 1. The molecule has 0 aliphatic carbocycles. The molecule has 9 rings (SSSR count). The highest BCUT2D eigenvalue weighted by atomic mass is 79.9. The average molecular weight is 949 g/mol. The third-order valence-corrected chi connectivity index (χ3v) is 15.2. The Balaban J connectivity index is 0.759. The number of fused-ring (bicyclic) bond motifs is 1. The van der Waals surface area contributed by atoms with Gasteiger partial charge in [0, 0.05) is 118 Å². The molecule has 4 fully saturated rings. The molecule has 0 spiro atoms. The van der Waals surface area contributed by atoms with Crippen molar-refractivity contribution in [1.29, 1.82) is 0 Å². The van der Waals surface area contributed by atoms with Crippen LogP contribution in [0.15, 0.2) is 71.6 Å². The number of hydrogen-bond acceptors (Lipinski definition) is 13. The molecule has 64 heavy (non-hydrogen) atoms. The van der Waals surface area contributed by atoms with Crippen molar-refractivity contribution in [2.75, 3.05) is 93.1 Å². The summed E-state index contributed by atoms with van der Waals surface area (Å²) >= 11 is 3.65. The number of amides is 2. The first-order chi connectivity index (χ1) is 31.3. The van der Waals surface area contributed by atoms with Crippen molar-refractivity contribution in [2.24, 2.45) is 5.92 Å². The molecule has 2 aromatic heterocycles. The monoisotopic (exact) mass is 947 g/mol. The molecule has 2 amide bonds. The van der Waals surface area contributed by atoms with Crippen LogP contribution in [0.2, 0.25) is 0 Å². The van der Waals surface area contributed by atoms with Gasteiger partial charge in [-0.3, -0.25) is 29.8 Å². The lowest BCUT2D eigenvalue weighted by Gasteiger charge is -2.44. The molecule has 3 N–H and O–H groups in total. The normalized spacial score (nSPS) is 19.7. The van der Waals surface area contributed by atoms with Gasteiger partial charge in [0.25, 0.3) is 0 Å². The van der Waals surface area contributed by atoms with Gasteiger partial charge in [0.1, 0.15) is 11.6 Å². The van der Waals surface area contributed by atoms with Gasteiger partial charge >= 0.3 is 0 Å². The topological polar surface area (TPSA) is 144 Å². The van der Waals surface area contributed by atoms with E-state index < -0.39 is 0 Å². The molecule has 2 unspecified atom stereocenters. The lowest BCUT2D eigenvalue weighted by molar-refractivity contribution is -0.134.